The summed E-state index contributed by atoms with van der Waals surface area (Å²) in [4.78, 5) is 0. The topological polar surface area (TPSA) is 39.3 Å². The van der Waals surface area contributed by atoms with Crippen LogP contribution >= 0.6 is 0 Å². The largest absolute Gasteiger partial charge is 0.360 e. The summed E-state index contributed by atoms with van der Waals surface area (Å²) in [5.74, 6) is 0. The van der Waals surface area contributed by atoms with Crippen molar-refractivity contribution in [3.05, 3.63) is 85.2 Å². The quantitative estimate of drug-likeness (QED) is 0.187. The van der Waals surface area contributed by atoms with Crippen LogP contribution in [-0.4, -0.2) is 77.2 Å². The van der Waals surface area contributed by atoms with E-state index in [9.17, 15) is 0 Å². The van der Waals surface area contributed by atoms with E-state index in [2.05, 4.69) is 241 Å². The minimum atomic E-state index is -1.59. The Bertz CT molecular complexity index is 1130. The van der Waals surface area contributed by atoms with Crippen molar-refractivity contribution < 1.29 is 0 Å². The zero-order valence-corrected chi connectivity index (χ0v) is 44.3. The molecular formula is C37H82N4Si8. The molecule has 3 N–H and O–H groups in total. The maximum absolute atomic E-state index is 4.04. The number of nitrogens with one attached hydrogen (secondary N) is 3. The first-order valence-corrected chi connectivity index (χ1v) is 44.2. The van der Waals surface area contributed by atoms with E-state index < -0.39 is 65.9 Å². The van der Waals surface area contributed by atoms with Gasteiger partial charge in [0.1, 0.15) is 65.9 Å². The maximum atomic E-state index is 4.04. The second-order valence-corrected chi connectivity index (χ2v) is 57.4. The van der Waals surface area contributed by atoms with E-state index in [1.54, 1.807) is 0 Å². The van der Waals surface area contributed by atoms with Crippen LogP contribution in [0.2, 0.25) is 131 Å². The van der Waals surface area contributed by atoms with E-state index in [4.69, 9.17) is 0 Å². The Hall–Kier alpha value is -0.505. The summed E-state index contributed by atoms with van der Waals surface area (Å²) in [5.41, 5.74) is 4.15. The highest BCUT2D eigenvalue weighted by Gasteiger charge is 2.34. The van der Waals surface area contributed by atoms with Gasteiger partial charge in [-0.15, -0.1) is 13.2 Å². The van der Waals surface area contributed by atoms with Gasteiger partial charge in [0.2, 0.25) is 0 Å². The number of hydrogen-bond donors (Lipinski definition) is 3. The first-order chi connectivity index (χ1) is 21.6. The average molecular weight is 808 g/mol. The summed E-state index contributed by atoms with van der Waals surface area (Å²) in [6.45, 7) is 54.9. The Kier molecular flexibility index (Phi) is 20.7. The van der Waals surface area contributed by atoms with Crippen molar-refractivity contribution in [1.82, 2.24) is 18.2 Å². The fraction of sp³-hybridized carbons (Fsp3) is 0.568. The zero-order valence-electron chi connectivity index (χ0n) is 36.3. The Balaban J connectivity index is 0. The average Bonchev–Trinajstić information content (AvgIpc) is 2.91. The maximum Gasteiger partial charge on any atom is 0.145 e. The molecule has 0 aliphatic heterocycles. The molecule has 0 fully saturated rings. The van der Waals surface area contributed by atoms with Crippen LogP contribution in [0.15, 0.2) is 85.2 Å². The molecule has 0 saturated carbocycles. The first kappa shape index (κ1) is 50.6. The van der Waals surface area contributed by atoms with Gasteiger partial charge in [-0.3, -0.25) is 0 Å². The smallest absolute Gasteiger partial charge is 0.145 e. The lowest BCUT2D eigenvalue weighted by Crippen LogP contribution is -2.69. The van der Waals surface area contributed by atoms with Crippen molar-refractivity contribution in [2.45, 2.75) is 131 Å². The minimum absolute atomic E-state index is 0.981. The summed E-state index contributed by atoms with van der Waals surface area (Å²) in [6.07, 6.45) is 0. The molecule has 282 valence electrons. The van der Waals surface area contributed by atoms with Crippen molar-refractivity contribution in [3.63, 3.8) is 0 Å². The number of rotatable bonds is 12. The normalized spacial score (nSPS) is 13.2. The van der Waals surface area contributed by atoms with Gasteiger partial charge in [-0.25, -0.2) is 0 Å². The van der Waals surface area contributed by atoms with Gasteiger partial charge in [-0.05, 0) is 17.4 Å². The third-order valence-corrected chi connectivity index (χ3v) is 37.8. The second kappa shape index (κ2) is 20.1. The van der Waals surface area contributed by atoms with Crippen LogP contribution in [0.4, 0.5) is 0 Å². The summed E-state index contributed by atoms with van der Waals surface area (Å²) >= 11 is 0. The third kappa shape index (κ3) is 24.4. The van der Waals surface area contributed by atoms with Gasteiger partial charge < -0.3 is 18.2 Å². The van der Waals surface area contributed by atoms with Crippen molar-refractivity contribution in [2.24, 2.45) is 0 Å². The summed E-state index contributed by atoms with van der Waals surface area (Å²) in [7, 11) is -7.50. The lowest BCUT2D eigenvalue weighted by atomic mass is 10.4. The van der Waals surface area contributed by atoms with Crippen LogP contribution in [-0.2, 0) is 0 Å². The van der Waals surface area contributed by atoms with Gasteiger partial charge in [-0.2, -0.15) is 0 Å². The van der Waals surface area contributed by atoms with Crippen LogP contribution in [0.25, 0.3) is 0 Å². The summed E-state index contributed by atoms with van der Waals surface area (Å²) in [5, 5.41) is 2.96. The van der Waals surface area contributed by atoms with Gasteiger partial charge in [-0.1, -0.05) is 203 Å². The molecule has 12 heteroatoms. The SMILES string of the molecule is C=C[Si](C)(C)N[Si](C)(C)C=C.CN([Si](C)(C)C)[Si](C)(C)C.C[Si](C)(C)N[Si](C)(C)C.C[Si](C)(N[Si](C)(C)c1ccccc1)c1ccccc1. The minimum Gasteiger partial charge on any atom is -0.360 e. The number of hydrogen-bond acceptors (Lipinski definition) is 4. The Labute approximate surface area is 315 Å². The molecule has 0 aliphatic rings. The molecule has 0 radical (unpaired) electrons. The van der Waals surface area contributed by atoms with Crippen LogP contribution < -0.4 is 24.3 Å². The fourth-order valence-corrected chi connectivity index (χ4v) is 39.7. The lowest BCUT2D eigenvalue weighted by Gasteiger charge is -2.40. The van der Waals surface area contributed by atoms with Gasteiger partial charge in [0.05, 0.1) is 0 Å². The molecule has 0 saturated heterocycles. The monoisotopic (exact) mass is 806 g/mol. The zero-order chi connectivity index (χ0) is 39.3. The van der Waals surface area contributed by atoms with Crippen LogP contribution in [0.3, 0.4) is 0 Å². The van der Waals surface area contributed by atoms with Crippen molar-refractivity contribution in [3.8, 4) is 0 Å². The van der Waals surface area contributed by atoms with E-state index >= 15 is 0 Å². The Morgan fingerprint density at radius 1 is 0.429 bits per heavy atom. The van der Waals surface area contributed by atoms with E-state index in [1.165, 1.54) is 10.4 Å². The Morgan fingerprint density at radius 2 is 0.694 bits per heavy atom. The van der Waals surface area contributed by atoms with Crippen molar-refractivity contribution in [2.75, 3.05) is 7.05 Å². The molecular weight excluding hydrogens is 725 g/mol. The van der Waals surface area contributed by atoms with Crippen molar-refractivity contribution >= 4 is 76.3 Å². The van der Waals surface area contributed by atoms with Gasteiger partial charge in [0.25, 0.3) is 0 Å². The van der Waals surface area contributed by atoms with E-state index in [0.717, 1.165) is 0 Å². The standard InChI is InChI=1S/C16H23NSi2.C8H19NSi2.C7H21NSi2.C6H19NSi2/c1-18(2,15-11-7-5-8-12-15)17-19(3,4)16-13-9-6-10-14-16;1-7-10(3,4)9-11(5,6)8-2;1-8(9(2,3)4)10(5,6)7;1-8(2,3)7-9(4,5)6/h5-14,17H,1-4H3;7-9H,1-2H2,3-6H3;1-7H3;7H,1-6H3. The van der Waals surface area contributed by atoms with Crippen LogP contribution in [0.5, 0.6) is 0 Å². The fourth-order valence-electron chi connectivity index (χ4n) is 5.70. The van der Waals surface area contributed by atoms with Gasteiger partial charge in [0, 0.05) is 0 Å². The third-order valence-electron chi connectivity index (χ3n) is 8.04. The molecule has 2 aromatic carbocycles. The lowest BCUT2D eigenvalue weighted by molar-refractivity contribution is 0.759. The highest BCUT2D eigenvalue weighted by atomic mass is 28.4. The molecule has 0 bridgehead atoms. The Morgan fingerprint density at radius 3 is 0.857 bits per heavy atom. The number of benzene rings is 2. The summed E-state index contributed by atoms with van der Waals surface area (Å²) in [6, 6.07) is 21.8. The van der Waals surface area contributed by atoms with Crippen LogP contribution in [0.1, 0.15) is 0 Å². The molecule has 0 atom stereocenters. The molecule has 4 nitrogen and oxygen atoms in total. The molecule has 0 aliphatic carbocycles. The molecule has 0 unspecified atom stereocenters. The first-order valence-electron chi connectivity index (χ1n) is 18.1. The van der Waals surface area contributed by atoms with E-state index in [0.29, 0.717) is 0 Å². The molecule has 0 amide bonds. The second-order valence-electron chi connectivity index (χ2n) is 19.6. The van der Waals surface area contributed by atoms with E-state index in [-0.39, 0.29) is 0 Å². The molecule has 2 rings (SSSR count). The molecule has 0 heterocycles. The molecule has 49 heavy (non-hydrogen) atoms. The highest BCUT2D eigenvalue weighted by molar-refractivity contribution is 7.02. The molecule has 0 aromatic heterocycles. The van der Waals surface area contributed by atoms with E-state index in [1.807, 2.05) is 0 Å². The van der Waals surface area contributed by atoms with Crippen LogP contribution in [0, 0.1) is 0 Å². The van der Waals surface area contributed by atoms with Crippen molar-refractivity contribution in [1.29, 1.82) is 0 Å². The van der Waals surface area contributed by atoms with Gasteiger partial charge >= 0.3 is 0 Å². The summed E-state index contributed by atoms with van der Waals surface area (Å²) < 4.78 is 14.1. The molecule has 0 spiro atoms. The predicted molar refractivity (Wildman–Crippen MR) is 253 cm³/mol. The predicted octanol–water partition coefficient (Wildman–Crippen LogP) is 10.1. The highest BCUT2D eigenvalue weighted by Crippen LogP contribution is 2.16. The van der Waals surface area contributed by atoms with Gasteiger partial charge in [0.15, 0.2) is 0 Å². The number of nitrogens with zero attached hydrogens (tertiary/aromatic N) is 1. The molecule has 2 aromatic rings.